The van der Waals surface area contributed by atoms with Crippen LogP contribution in [-0.4, -0.2) is 27.0 Å². The predicted molar refractivity (Wildman–Crippen MR) is 120 cm³/mol. The van der Waals surface area contributed by atoms with Crippen molar-refractivity contribution in [2.45, 2.75) is 39.2 Å². The number of nitrogens with one attached hydrogen (secondary N) is 2. The van der Waals surface area contributed by atoms with Crippen molar-refractivity contribution in [3.05, 3.63) is 76.5 Å². The highest BCUT2D eigenvalue weighted by Gasteiger charge is 2.10. The zero-order valence-corrected chi connectivity index (χ0v) is 17.1. The highest BCUT2D eigenvalue weighted by atomic mass is 16.1. The Kier molecular flexibility index (Phi) is 5.93. The average molecular weight is 402 g/mol. The summed E-state index contributed by atoms with van der Waals surface area (Å²) >= 11 is 0. The number of benzene rings is 2. The highest BCUT2D eigenvalue weighted by molar-refractivity contribution is 5.83. The van der Waals surface area contributed by atoms with E-state index >= 15 is 0 Å². The van der Waals surface area contributed by atoms with E-state index in [1.54, 1.807) is 10.6 Å². The van der Waals surface area contributed by atoms with Crippen LogP contribution in [0.2, 0.25) is 0 Å². The minimum absolute atomic E-state index is 0.00897. The summed E-state index contributed by atoms with van der Waals surface area (Å²) in [6.07, 6.45) is 4.79. The number of aromatic nitrogens is 3. The summed E-state index contributed by atoms with van der Waals surface area (Å²) in [5.74, 6) is 0.752. The number of amides is 1. The Balaban J connectivity index is 1.31. The van der Waals surface area contributed by atoms with Crippen molar-refractivity contribution in [2.24, 2.45) is 0 Å². The molecule has 0 bridgehead atoms. The lowest BCUT2D eigenvalue weighted by atomic mass is 10.1. The van der Waals surface area contributed by atoms with Crippen LogP contribution in [0.15, 0.2) is 59.5 Å². The van der Waals surface area contributed by atoms with Gasteiger partial charge in [0.2, 0.25) is 5.91 Å². The Morgan fingerprint density at radius 3 is 2.70 bits per heavy atom. The number of rotatable bonds is 8. The molecule has 154 valence electrons. The molecule has 0 fully saturated rings. The number of nitrogens with zero attached hydrogens (tertiary/aromatic N) is 2. The first-order chi connectivity index (χ1) is 14.7. The van der Waals surface area contributed by atoms with Crippen LogP contribution in [0.25, 0.3) is 21.8 Å². The summed E-state index contributed by atoms with van der Waals surface area (Å²) in [5.41, 5.74) is 3.03. The van der Waals surface area contributed by atoms with E-state index in [0.29, 0.717) is 31.3 Å². The van der Waals surface area contributed by atoms with Gasteiger partial charge in [0.15, 0.2) is 0 Å². The maximum Gasteiger partial charge on any atom is 0.261 e. The van der Waals surface area contributed by atoms with Crippen LogP contribution >= 0.6 is 0 Å². The number of hydrogen-bond donors (Lipinski definition) is 2. The van der Waals surface area contributed by atoms with Gasteiger partial charge >= 0.3 is 0 Å². The number of para-hydroxylation sites is 2. The molecule has 30 heavy (non-hydrogen) atoms. The molecule has 6 nitrogen and oxygen atoms in total. The molecule has 0 aliphatic rings. The number of aryl methyl sites for hydroxylation is 2. The van der Waals surface area contributed by atoms with Gasteiger partial charge in [-0.25, -0.2) is 4.98 Å². The minimum atomic E-state index is -0.0500. The second-order valence-corrected chi connectivity index (χ2v) is 7.42. The van der Waals surface area contributed by atoms with Crippen LogP contribution in [-0.2, 0) is 24.2 Å². The van der Waals surface area contributed by atoms with E-state index in [0.717, 1.165) is 29.7 Å². The summed E-state index contributed by atoms with van der Waals surface area (Å²) in [4.78, 5) is 32.9. The molecule has 0 aliphatic heterocycles. The van der Waals surface area contributed by atoms with Gasteiger partial charge < -0.3 is 10.3 Å². The molecule has 4 rings (SSSR count). The lowest BCUT2D eigenvalue weighted by molar-refractivity contribution is -0.121. The molecule has 0 saturated heterocycles. The van der Waals surface area contributed by atoms with Gasteiger partial charge in [0.25, 0.3) is 5.56 Å². The van der Waals surface area contributed by atoms with Gasteiger partial charge in [-0.15, -0.1) is 0 Å². The van der Waals surface area contributed by atoms with Crippen LogP contribution in [0, 0.1) is 0 Å². The summed E-state index contributed by atoms with van der Waals surface area (Å²) in [7, 11) is 0. The lowest BCUT2D eigenvalue weighted by Gasteiger charge is -2.13. The van der Waals surface area contributed by atoms with Gasteiger partial charge in [-0.1, -0.05) is 37.3 Å². The monoisotopic (exact) mass is 402 g/mol. The van der Waals surface area contributed by atoms with Crippen LogP contribution in [0.3, 0.4) is 0 Å². The smallest absolute Gasteiger partial charge is 0.261 e. The molecule has 6 heteroatoms. The molecule has 2 aromatic carbocycles. The molecular formula is C24H26N4O2. The molecule has 0 saturated carbocycles. The zero-order valence-electron chi connectivity index (χ0n) is 17.1. The summed E-state index contributed by atoms with van der Waals surface area (Å²) in [6.45, 7) is 2.82. The third kappa shape index (κ3) is 4.13. The van der Waals surface area contributed by atoms with Gasteiger partial charge in [0, 0.05) is 43.0 Å². The topological polar surface area (TPSA) is 79.8 Å². The lowest BCUT2D eigenvalue weighted by Crippen LogP contribution is -2.32. The fourth-order valence-electron chi connectivity index (χ4n) is 3.89. The van der Waals surface area contributed by atoms with Crippen LogP contribution in [0.1, 0.15) is 31.2 Å². The van der Waals surface area contributed by atoms with Crippen molar-refractivity contribution in [3.63, 3.8) is 0 Å². The number of aromatic amines is 1. The number of carbonyl (C=O) groups is 1. The van der Waals surface area contributed by atoms with Crippen molar-refractivity contribution >= 4 is 27.7 Å². The van der Waals surface area contributed by atoms with E-state index < -0.39 is 0 Å². The summed E-state index contributed by atoms with van der Waals surface area (Å²) in [5, 5.41) is 4.77. The molecule has 0 spiro atoms. The quantitative estimate of drug-likeness (QED) is 0.473. The molecule has 1 amide bonds. The second-order valence-electron chi connectivity index (χ2n) is 7.42. The molecule has 2 heterocycles. The van der Waals surface area contributed by atoms with Crippen LogP contribution < -0.4 is 10.9 Å². The third-order valence-electron chi connectivity index (χ3n) is 5.44. The molecule has 0 aliphatic carbocycles. The van der Waals surface area contributed by atoms with Crippen molar-refractivity contribution in [1.82, 2.24) is 19.9 Å². The number of carbonyl (C=O) groups excluding carboxylic acids is 1. The van der Waals surface area contributed by atoms with Gasteiger partial charge in [-0.3, -0.25) is 14.2 Å². The first-order valence-electron chi connectivity index (χ1n) is 10.5. The number of H-pyrrole nitrogens is 1. The minimum Gasteiger partial charge on any atom is -0.361 e. The average Bonchev–Trinajstić information content (AvgIpc) is 3.18. The Morgan fingerprint density at radius 1 is 1.10 bits per heavy atom. The highest BCUT2D eigenvalue weighted by Crippen LogP contribution is 2.19. The van der Waals surface area contributed by atoms with Gasteiger partial charge in [0.05, 0.1) is 10.9 Å². The SMILES string of the molecule is CCc1nc2ccccc2c(=O)n1CCNC(=O)CCCc1c[nH]c2ccccc12. The normalized spacial score (nSPS) is 11.2. The summed E-state index contributed by atoms with van der Waals surface area (Å²) in [6, 6.07) is 15.6. The molecule has 0 radical (unpaired) electrons. The second kappa shape index (κ2) is 8.95. The van der Waals surface area contributed by atoms with E-state index in [1.807, 2.05) is 43.5 Å². The maximum atomic E-state index is 12.8. The molecule has 4 aromatic rings. The largest absolute Gasteiger partial charge is 0.361 e. The fraction of sp³-hybridized carbons (Fsp3) is 0.292. The molecule has 0 atom stereocenters. The Hall–Kier alpha value is -3.41. The molecule has 2 aromatic heterocycles. The predicted octanol–water partition coefficient (Wildman–Crippen LogP) is 3.58. The van der Waals surface area contributed by atoms with E-state index in [2.05, 4.69) is 27.4 Å². The van der Waals surface area contributed by atoms with E-state index in [1.165, 1.54) is 10.9 Å². The van der Waals surface area contributed by atoms with Crippen LogP contribution in [0.5, 0.6) is 0 Å². The standard InChI is InChI=1S/C24H26N4O2/c1-2-22-27-21-12-6-4-10-19(21)24(30)28(22)15-14-25-23(29)13-7-8-17-16-26-20-11-5-3-9-18(17)20/h3-6,9-12,16,26H,2,7-8,13-15H2,1H3,(H,25,29). The van der Waals surface area contributed by atoms with Gasteiger partial charge in [0.1, 0.15) is 5.82 Å². The van der Waals surface area contributed by atoms with E-state index in [9.17, 15) is 9.59 Å². The van der Waals surface area contributed by atoms with E-state index in [-0.39, 0.29) is 11.5 Å². The first-order valence-corrected chi connectivity index (χ1v) is 10.5. The summed E-state index contributed by atoms with van der Waals surface area (Å²) < 4.78 is 1.68. The van der Waals surface area contributed by atoms with Crippen molar-refractivity contribution < 1.29 is 4.79 Å². The van der Waals surface area contributed by atoms with Gasteiger partial charge in [-0.05, 0) is 36.6 Å². The maximum absolute atomic E-state index is 12.8. The Bertz CT molecular complexity index is 1240. The van der Waals surface area contributed by atoms with Crippen molar-refractivity contribution in [3.8, 4) is 0 Å². The molecular weight excluding hydrogens is 376 g/mol. The molecule has 2 N–H and O–H groups in total. The Morgan fingerprint density at radius 2 is 1.87 bits per heavy atom. The van der Waals surface area contributed by atoms with Crippen molar-refractivity contribution in [1.29, 1.82) is 0 Å². The van der Waals surface area contributed by atoms with Crippen molar-refractivity contribution in [2.75, 3.05) is 6.54 Å². The third-order valence-corrected chi connectivity index (χ3v) is 5.44. The number of fused-ring (bicyclic) bond motifs is 2. The Labute approximate surface area is 175 Å². The van der Waals surface area contributed by atoms with Crippen LogP contribution in [0.4, 0.5) is 0 Å². The van der Waals surface area contributed by atoms with E-state index in [4.69, 9.17) is 0 Å². The zero-order chi connectivity index (χ0) is 20.9. The first kappa shape index (κ1) is 19.9. The van der Waals surface area contributed by atoms with Gasteiger partial charge in [-0.2, -0.15) is 0 Å². The molecule has 0 unspecified atom stereocenters. The number of hydrogen-bond acceptors (Lipinski definition) is 3. The fourth-order valence-corrected chi connectivity index (χ4v) is 3.89.